The van der Waals surface area contributed by atoms with Crippen LogP contribution in [-0.4, -0.2) is 26.7 Å². The molecule has 1 aromatic rings. The average Bonchev–Trinajstić information content (AvgIpc) is 2.50. The van der Waals surface area contributed by atoms with E-state index in [0.29, 0.717) is 23.6 Å². The lowest BCUT2D eigenvalue weighted by Gasteiger charge is -2.08. The van der Waals surface area contributed by atoms with Gasteiger partial charge < -0.3 is 14.8 Å². The van der Waals surface area contributed by atoms with Crippen LogP contribution in [-0.2, 0) is 4.79 Å². The van der Waals surface area contributed by atoms with Crippen molar-refractivity contribution in [1.29, 1.82) is 5.26 Å². The molecule has 0 saturated heterocycles. The molecule has 0 aliphatic rings. The SMILES string of the molecule is C=CCNC(=O)/C(C#N)=C\c1ccc(OC)cc1OC. The largest absolute Gasteiger partial charge is 0.497 e. The third-order valence-electron chi connectivity index (χ3n) is 2.51. The first-order valence-electron chi connectivity index (χ1n) is 5.89. The molecule has 0 aliphatic carbocycles. The second-order valence-electron chi connectivity index (χ2n) is 3.78. The Kier molecular flexibility index (Phi) is 5.85. The van der Waals surface area contributed by atoms with E-state index in [1.54, 1.807) is 31.4 Å². The topological polar surface area (TPSA) is 71.4 Å². The molecular weight excluding hydrogens is 256 g/mol. The molecule has 1 aromatic carbocycles. The summed E-state index contributed by atoms with van der Waals surface area (Å²) in [4.78, 5) is 11.7. The van der Waals surface area contributed by atoms with E-state index in [2.05, 4.69) is 11.9 Å². The standard InChI is InChI=1S/C15H16N2O3/c1-4-7-17-15(18)12(10-16)8-11-5-6-13(19-2)9-14(11)20-3/h4-6,8-9H,1,7H2,2-3H3,(H,17,18)/b12-8-. The predicted octanol–water partition coefficient (Wildman–Crippen LogP) is 1.91. The minimum atomic E-state index is -0.453. The van der Waals surface area contributed by atoms with Gasteiger partial charge in [-0.3, -0.25) is 4.79 Å². The normalized spacial score (nSPS) is 10.3. The van der Waals surface area contributed by atoms with E-state index in [1.807, 2.05) is 6.07 Å². The number of nitriles is 1. The highest BCUT2D eigenvalue weighted by Crippen LogP contribution is 2.26. The van der Waals surface area contributed by atoms with E-state index < -0.39 is 5.91 Å². The Bertz CT molecular complexity index is 571. The lowest BCUT2D eigenvalue weighted by Crippen LogP contribution is -2.24. The Morgan fingerprint density at radius 1 is 1.45 bits per heavy atom. The van der Waals surface area contributed by atoms with E-state index >= 15 is 0 Å². The zero-order chi connectivity index (χ0) is 15.0. The summed E-state index contributed by atoms with van der Waals surface area (Å²) in [6, 6.07) is 7.00. The van der Waals surface area contributed by atoms with E-state index in [1.165, 1.54) is 13.2 Å². The second kappa shape index (κ2) is 7.64. The maximum atomic E-state index is 11.7. The van der Waals surface area contributed by atoms with Gasteiger partial charge in [0.1, 0.15) is 23.1 Å². The minimum absolute atomic E-state index is 0.00434. The van der Waals surface area contributed by atoms with Crippen LogP contribution in [0.2, 0.25) is 0 Å². The zero-order valence-corrected chi connectivity index (χ0v) is 11.5. The summed E-state index contributed by atoms with van der Waals surface area (Å²) in [5.41, 5.74) is 0.619. The van der Waals surface area contributed by atoms with Crippen molar-refractivity contribution in [1.82, 2.24) is 5.32 Å². The van der Waals surface area contributed by atoms with Crippen LogP contribution in [0.15, 0.2) is 36.4 Å². The summed E-state index contributed by atoms with van der Waals surface area (Å²) in [7, 11) is 3.06. The van der Waals surface area contributed by atoms with E-state index in [9.17, 15) is 4.79 Å². The molecule has 0 unspecified atom stereocenters. The maximum Gasteiger partial charge on any atom is 0.262 e. The molecule has 1 N–H and O–H groups in total. The molecule has 104 valence electrons. The van der Waals surface area contributed by atoms with Crippen molar-refractivity contribution in [2.75, 3.05) is 20.8 Å². The van der Waals surface area contributed by atoms with Crippen LogP contribution in [0.1, 0.15) is 5.56 Å². The highest BCUT2D eigenvalue weighted by Gasteiger charge is 2.10. The van der Waals surface area contributed by atoms with Gasteiger partial charge in [-0.1, -0.05) is 6.08 Å². The van der Waals surface area contributed by atoms with Gasteiger partial charge in [-0.2, -0.15) is 5.26 Å². The Balaban J connectivity index is 3.09. The highest BCUT2D eigenvalue weighted by molar-refractivity contribution is 6.02. The highest BCUT2D eigenvalue weighted by atomic mass is 16.5. The van der Waals surface area contributed by atoms with Gasteiger partial charge in [0.15, 0.2) is 0 Å². The number of hydrogen-bond acceptors (Lipinski definition) is 4. The minimum Gasteiger partial charge on any atom is -0.497 e. The second-order valence-corrected chi connectivity index (χ2v) is 3.78. The van der Waals surface area contributed by atoms with Crippen LogP contribution >= 0.6 is 0 Å². The fourth-order valence-corrected chi connectivity index (χ4v) is 1.50. The van der Waals surface area contributed by atoms with Crippen molar-refractivity contribution < 1.29 is 14.3 Å². The van der Waals surface area contributed by atoms with Crippen molar-refractivity contribution in [3.63, 3.8) is 0 Å². The molecule has 0 aliphatic heterocycles. The van der Waals surface area contributed by atoms with Crippen LogP contribution in [0.25, 0.3) is 6.08 Å². The van der Waals surface area contributed by atoms with Crippen molar-refractivity contribution in [2.24, 2.45) is 0 Å². The monoisotopic (exact) mass is 272 g/mol. The molecule has 0 saturated carbocycles. The number of nitrogens with one attached hydrogen (secondary N) is 1. The molecule has 0 atom stereocenters. The summed E-state index contributed by atoms with van der Waals surface area (Å²) < 4.78 is 10.3. The van der Waals surface area contributed by atoms with Crippen LogP contribution in [0.5, 0.6) is 11.5 Å². The van der Waals surface area contributed by atoms with Gasteiger partial charge in [0, 0.05) is 18.2 Å². The number of carbonyl (C=O) groups is 1. The summed E-state index contributed by atoms with van der Waals surface area (Å²) in [6.07, 6.45) is 3.01. The van der Waals surface area contributed by atoms with Gasteiger partial charge in [-0.25, -0.2) is 0 Å². The number of amides is 1. The lowest BCUT2D eigenvalue weighted by atomic mass is 10.1. The van der Waals surface area contributed by atoms with Crippen LogP contribution in [0, 0.1) is 11.3 Å². The number of nitrogens with zero attached hydrogens (tertiary/aromatic N) is 1. The van der Waals surface area contributed by atoms with Crippen molar-refractivity contribution in [2.45, 2.75) is 0 Å². The first-order chi connectivity index (χ1) is 9.65. The molecule has 0 fully saturated rings. The fourth-order valence-electron chi connectivity index (χ4n) is 1.50. The van der Waals surface area contributed by atoms with E-state index in [0.717, 1.165) is 0 Å². The van der Waals surface area contributed by atoms with Gasteiger partial charge in [0.05, 0.1) is 14.2 Å². The quantitative estimate of drug-likeness (QED) is 0.488. The third-order valence-corrected chi connectivity index (χ3v) is 2.51. The molecule has 1 amide bonds. The molecule has 5 heteroatoms. The van der Waals surface area contributed by atoms with Gasteiger partial charge in [0.25, 0.3) is 5.91 Å². The smallest absolute Gasteiger partial charge is 0.262 e. The zero-order valence-electron chi connectivity index (χ0n) is 11.5. The summed E-state index contributed by atoms with van der Waals surface area (Å²) in [5, 5.41) is 11.6. The number of hydrogen-bond donors (Lipinski definition) is 1. The molecular formula is C15H16N2O3. The van der Waals surface area contributed by atoms with E-state index in [4.69, 9.17) is 14.7 Å². The Labute approximate surface area is 118 Å². The molecule has 0 spiro atoms. The molecule has 0 radical (unpaired) electrons. The molecule has 1 rings (SSSR count). The van der Waals surface area contributed by atoms with Crippen molar-refractivity contribution >= 4 is 12.0 Å². The summed E-state index contributed by atoms with van der Waals surface area (Å²) >= 11 is 0. The molecule has 5 nitrogen and oxygen atoms in total. The third kappa shape index (κ3) is 3.89. The van der Waals surface area contributed by atoms with Gasteiger partial charge in [-0.05, 0) is 18.2 Å². The Morgan fingerprint density at radius 2 is 2.20 bits per heavy atom. The van der Waals surface area contributed by atoms with Crippen LogP contribution in [0.3, 0.4) is 0 Å². The van der Waals surface area contributed by atoms with Gasteiger partial charge in [0.2, 0.25) is 0 Å². The molecule has 20 heavy (non-hydrogen) atoms. The first-order valence-corrected chi connectivity index (χ1v) is 5.89. The van der Waals surface area contributed by atoms with Crippen molar-refractivity contribution in [3.8, 4) is 17.6 Å². The fraction of sp³-hybridized carbons (Fsp3) is 0.200. The number of benzene rings is 1. The average molecular weight is 272 g/mol. The number of carbonyl (C=O) groups excluding carboxylic acids is 1. The molecule has 0 heterocycles. The van der Waals surface area contributed by atoms with Crippen LogP contribution in [0.4, 0.5) is 0 Å². The number of rotatable bonds is 6. The summed E-state index contributed by atoms with van der Waals surface area (Å²) in [6.45, 7) is 3.80. The molecule has 0 bridgehead atoms. The number of methoxy groups -OCH3 is 2. The van der Waals surface area contributed by atoms with E-state index in [-0.39, 0.29) is 5.57 Å². The maximum absolute atomic E-state index is 11.7. The predicted molar refractivity (Wildman–Crippen MR) is 76.3 cm³/mol. The van der Waals surface area contributed by atoms with Gasteiger partial charge >= 0.3 is 0 Å². The van der Waals surface area contributed by atoms with Crippen molar-refractivity contribution in [3.05, 3.63) is 42.0 Å². The molecule has 0 aromatic heterocycles. The Morgan fingerprint density at radius 3 is 2.75 bits per heavy atom. The Hall–Kier alpha value is -2.74. The lowest BCUT2D eigenvalue weighted by molar-refractivity contribution is -0.116. The van der Waals surface area contributed by atoms with Gasteiger partial charge in [-0.15, -0.1) is 6.58 Å². The van der Waals surface area contributed by atoms with Crippen LogP contribution < -0.4 is 14.8 Å². The first kappa shape index (κ1) is 15.3. The number of ether oxygens (including phenoxy) is 2. The summed E-state index contributed by atoms with van der Waals surface area (Å²) in [5.74, 6) is 0.701.